The van der Waals surface area contributed by atoms with Crippen LogP contribution in [0.5, 0.6) is 0 Å². The van der Waals surface area contributed by atoms with E-state index in [-0.39, 0.29) is 18.3 Å². The normalized spacial score (nSPS) is 10.4. The molecule has 0 heterocycles. The number of esters is 1. The van der Waals surface area contributed by atoms with Gasteiger partial charge in [0.15, 0.2) is 0 Å². The molecule has 0 N–H and O–H groups in total. The lowest BCUT2D eigenvalue weighted by atomic mass is 10.1. The van der Waals surface area contributed by atoms with Crippen LogP contribution in [0.15, 0.2) is 54.6 Å². The number of carbonyl (C=O) groups is 2. The summed E-state index contributed by atoms with van der Waals surface area (Å²) in [6, 6.07) is 17.6. The monoisotopic (exact) mass is 353 g/mol. The molecule has 0 unspecified atom stereocenters. The van der Waals surface area contributed by atoms with Gasteiger partial charge in [0.25, 0.3) is 5.91 Å². The van der Waals surface area contributed by atoms with Gasteiger partial charge in [0.2, 0.25) is 0 Å². The van der Waals surface area contributed by atoms with Crippen LogP contribution < -0.4 is 0 Å². The van der Waals surface area contributed by atoms with Gasteiger partial charge in [-0.05, 0) is 36.1 Å². The van der Waals surface area contributed by atoms with Crippen molar-refractivity contribution in [3.05, 3.63) is 71.3 Å². The van der Waals surface area contributed by atoms with Crippen molar-refractivity contribution in [1.82, 2.24) is 4.90 Å². The average molecular weight is 353 g/mol. The fourth-order valence-electron chi connectivity index (χ4n) is 2.76. The van der Waals surface area contributed by atoms with E-state index in [4.69, 9.17) is 4.74 Å². The Labute approximate surface area is 155 Å². The minimum absolute atomic E-state index is 0.0696. The van der Waals surface area contributed by atoms with Crippen molar-refractivity contribution < 1.29 is 14.3 Å². The van der Waals surface area contributed by atoms with Gasteiger partial charge in [-0.25, -0.2) is 0 Å². The number of hydrogen-bond donors (Lipinski definition) is 0. The van der Waals surface area contributed by atoms with Crippen molar-refractivity contribution in [3.8, 4) is 0 Å². The van der Waals surface area contributed by atoms with Crippen molar-refractivity contribution in [2.24, 2.45) is 0 Å². The molecular weight excluding hydrogens is 326 g/mol. The highest BCUT2D eigenvalue weighted by atomic mass is 16.5. The van der Waals surface area contributed by atoms with Crippen LogP contribution in [0.3, 0.4) is 0 Å². The zero-order valence-electron chi connectivity index (χ0n) is 15.6. The standard InChI is InChI=1S/C22H27NO3/c1-3-4-8-18-11-13-20(14-12-18)22(25)23(16-15-21(24)26-2)17-19-9-6-5-7-10-19/h5-7,9-14H,3-4,8,15-17H2,1-2H3. The Morgan fingerprint density at radius 1 is 0.962 bits per heavy atom. The van der Waals surface area contributed by atoms with Crippen LogP contribution in [0.1, 0.15) is 47.7 Å². The summed E-state index contributed by atoms with van der Waals surface area (Å²) in [4.78, 5) is 26.2. The van der Waals surface area contributed by atoms with Crippen LogP contribution in [0, 0.1) is 0 Å². The van der Waals surface area contributed by atoms with Gasteiger partial charge in [0, 0.05) is 18.7 Å². The second kappa shape index (κ2) is 10.4. The van der Waals surface area contributed by atoms with Crippen LogP contribution in [0.4, 0.5) is 0 Å². The van der Waals surface area contributed by atoms with Gasteiger partial charge in [-0.2, -0.15) is 0 Å². The Morgan fingerprint density at radius 3 is 2.27 bits per heavy atom. The van der Waals surface area contributed by atoms with Gasteiger partial charge in [-0.3, -0.25) is 9.59 Å². The molecule has 0 atom stereocenters. The molecule has 0 fully saturated rings. The first-order valence-corrected chi connectivity index (χ1v) is 9.13. The molecule has 0 bridgehead atoms. The molecule has 0 spiro atoms. The molecule has 4 heteroatoms. The lowest BCUT2D eigenvalue weighted by Crippen LogP contribution is -2.32. The number of ether oxygens (including phenoxy) is 1. The van der Waals surface area contributed by atoms with Gasteiger partial charge in [-0.1, -0.05) is 55.8 Å². The number of amides is 1. The SMILES string of the molecule is CCCCc1ccc(C(=O)N(CCC(=O)OC)Cc2ccccc2)cc1. The quantitative estimate of drug-likeness (QED) is 0.634. The summed E-state index contributed by atoms with van der Waals surface area (Å²) in [6.45, 7) is 2.97. The molecule has 26 heavy (non-hydrogen) atoms. The third-order valence-corrected chi connectivity index (χ3v) is 4.34. The number of hydrogen-bond acceptors (Lipinski definition) is 3. The van der Waals surface area contributed by atoms with Crippen molar-refractivity contribution in [2.45, 2.75) is 39.2 Å². The first kappa shape index (κ1) is 19.7. The first-order valence-electron chi connectivity index (χ1n) is 9.13. The van der Waals surface area contributed by atoms with E-state index >= 15 is 0 Å². The predicted molar refractivity (Wildman–Crippen MR) is 103 cm³/mol. The zero-order valence-corrected chi connectivity index (χ0v) is 15.6. The highest BCUT2D eigenvalue weighted by Gasteiger charge is 2.17. The fraction of sp³-hybridized carbons (Fsp3) is 0.364. The molecule has 2 aromatic rings. The molecule has 0 saturated heterocycles. The minimum atomic E-state index is -0.314. The van der Waals surface area contributed by atoms with E-state index in [1.807, 2.05) is 54.6 Å². The van der Waals surface area contributed by atoms with E-state index in [0.717, 1.165) is 24.8 Å². The Hall–Kier alpha value is -2.62. The number of rotatable bonds is 9. The summed E-state index contributed by atoms with van der Waals surface area (Å²) in [5.74, 6) is -0.384. The van der Waals surface area contributed by atoms with Gasteiger partial charge < -0.3 is 9.64 Å². The van der Waals surface area contributed by atoms with Gasteiger partial charge >= 0.3 is 5.97 Å². The molecule has 0 aliphatic carbocycles. The number of methoxy groups -OCH3 is 1. The summed E-state index contributed by atoms with van der Waals surface area (Å²) in [5, 5.41) is 0. The molecule has 2 aromatic carbocycles. The van der Waals surface area contributed by atoms with Crippen LogP contribution in [-0.2, 0) is 22.5 Å². The molecule has 0 aliphatic rings. The third kappa shape index (κ3) is 6.03. The van der Waals surface area contributed by atoms with Crippen LogP contribution >= 0.6 is 0 Å². The van der Waals surface area contributed by atoms with E-state index in [1.165, 1.54) is 12.7 Å². The second-order valence-electron chi connectivity index (χ2n) is 6.34. The lowest BCUT2D eigenvalue weighted by molar-refractivity contribution is -0.140. The van der Waals surface area contributed by atoms with E-state index < -0.39 is 0 Å². The molecular formula is C22H27NO3. The summed E-state index contributed by atoms with van der Waals surface area (Å²) in [5.41, 5.74) is 2.92. The van der Waals surface area contributed by atoms with E-state index in [9.17, 15) is 9.59 Å². The minimum Gasteiger partial charge on any atom is -0.469 e. The molecule has 0 saturated carbocycles. The highest BCUT2D eigenvalue weighted by molar-refractivity contribution is 5.94. The van der Waals surface area contributed by atoms with Crippen LogP contribution in [0.2, 0.25) is 0 Å². The summed E-state index contributed by atoms with van der Waals surface area (Å²) < 4.78 is 4.71. The Kier molecular flexibility index (Phi) is 7.87. The van der Waals surface area contributed by atoms with Gasteiger partial charge in [0.05, 0.1) is 13.5 Å². The average Bonchev–Trinajstić information content (AvgIpc) is 2.69. The first-order chi connectivity index (χ1) is 12.6. The van der Waals surface area contributed by atoms with Crippen molar-refractivity contribution in [2.75, 3.05) is 13.7 Å². The molecule has 4 nitrogen and oxygen atoms in total. The van der Waals surface area contributed by atoms with Crippen molar-refractivity contribution in [1.29, 1.82) is 0 Å². The van der Waals surface area contributed by atoms with Gasteiger partial charge in [-0.15, -0.1) is 0 Å². The summed E-state index contributed by atoms with van der Waals surface area (Å²) >= 11 is 0. The Balaban J connectivity index is 2.11. The molecule has 138 valence electrons. The molecule has 0 radical (unpaired) electrons. The maximum atomic E-state index is 12.9. The van der Waals surface area contributed by atoms with E-state index in [1.54, 1.807) is 4.90 Å². The fourth-order valence-corrected chi connectivity index (χ4v) is 2.76. The summed E-state index contributed by atoms with van der Waals surface area (Å²) in [6.07, 6.45) is 3.51. The Morgan fingerprint density at radius 2 is 1.65 bits per heavy atom. The number of carbonyl (C=O) groups excluding carboxylic acids is 2. The largest absolute Gasteiger partial charge is 0.469 e. The highest BCUT2D eigenvalue weighted by Crippen LogP contribution is 2.13. The number of unbranched alkanes of at least 4 members (excludes halogenated alkanes) is 1. The van der Waals surface area contributed by atoms with Crippen LogP contribution in [0.25, 0.3) is 0 Å². The number of benzene rings is 2. The maximum Gasteiger partial charge on any atom is 0.307 e. The van der Waals surface area contributed by atoms with Crippen LogP contribution in [-0.4, -0.2) is 30.4 Å². The van der Waals surface area contributed by atoms with E-state index in [2.05, 4.69) is 6.92 Å². The Bertz CT molecular complexity index is 695. The second-order valence-corrected chi connectivity index (χ2v) is 6.34. The molecule has 1 amide bonds. The number of nitrogens with zero attached hydrogens (tertiary/aromatic N) is 1. The van der Waals surface area contributed by atoms with Gasteiger partial charge in [0.1, 0.15) is 0 Å². The topological polar surface area (TPSA) is 46.6 Å². The van der Waals surface area contributed by atoms with Crippen molar-refractivity contribution in [3.63, 3.8) is 0 Å². The smallest absolute Gasteiger partial charge is 0.307 e. The van der Waals surface area contributed by atoms with E-state index in [0.29, 0.717) is 18.7 Å². The predicted octanol–water partition coefficient (Wildman–Crippen LogP) is 4.23. The third-order valence-electron chi connectivity index (χ3n) is 4.34. The molecule has 2 rings (SSSR count). The lowest BCUT2D eigenvalue weighted by Gasteiger charge is -2.22. The van der Waals surface area contributed by atoms with Crippen molar-refractivity contribution >= 4 is 11.9 Å². The molecule has 0 aliphatic heterocycles. The zero-order chi connectivity index (χ0) is 18.8. The maximum absolute atomic E-state index is 12.9. The number of aryl methyl sites for hydroxylation is 1. The summed E-state index contributed by atoms with van der Waals surface area (Å²) in [7, 11) is 1.36. The molecule has 0 aromatic heterocycles.